The van der Waals surface area contributed by atoms with Crippen LogP contribution in [0.1, 0.15) is 20.7 Å². The maximum atomic E-state index is 11.9. The highest BCUT2D eigenvalue weighted by Crippen LogP contribution is 2.22. The van der Waals surface area contributed by atoms with Crippen LogP contribution in [-0.4, -0.2) is 18.3 Å². The van der Waals surface area contributed by atoms with Crippen LogP contribution >= 0.6 is 0 Å². The molecule has 0 aliphatic carbocycles. The summed E-state index contributed by atoms with van der Waals surface area (Å²) < 4.78 is 39.1. The maximum Gasteiger partial charge on any atom is 0.575 e. The zero-order valence-corrected chi connectivity index (χ0v) is 10.9. The van der Waals surface area contributed by atoms with Gasteiger partial charge in [-0.25, -0.2) is 4.79 Å². The summed E-state index contributed by atoms with van der Waals surface area (Å²) in [5.41, 5.74) is 1.01. The molecular weight excluding hydrogens is 301 g/mol. The molecule has 2 aromatic carbocycles. The fraction of sp³-hybridized carbons (Fsp3) is 0.0667. The van der Waals surface area contributed by atoms with Gasteiger partial charge in [-0.05, 0) is 28.8 Å². The lowest BCUT2D eigenvalue weighted by Gasteiger charge is -2.08. The molecule has 22 heavy (non-hydrogen) atoms. The highest BCUT2D eigenvalue weighted by Gasteiger charge is 2.34. The van der Waals surface area contributed by atoms with E-state index in [-0.39, 0.29) is 11.1 Å². The number of halogens is 3. The molecule has 114 valence electrons. The molecule has 7 heteroatoms. The predicted octanol–water partition coefficient (Wildman–Crippen LogP) is 2.39. The van der Waals surface area contributed by atoms with Crippen molar-refractivity contribution in [1.29, 1.82) is 0 Å². The van der Waals surface area contributed by atoms with Crippen molar-refractivity contribution in [2.75, 3.05) is 0 Å². The van der Waals surface area contributed by atoms with Crippen LogP contribution in [0.25, 0.3) is 11.1 Å². The topological polar surface area (TPSA) is 66.4 Å². The number of carboxylic acids is 1. The number of alkyl halides is 3. The summed E-state index contributed by atoms with van der Waals surface area (Å²) >= 11 is 0. The second kappa shape index (κ2) is 5.88. The van der Waals surface area contributed by atoms with Crippen LogP contribution in [-0.2, 0) is 4.74 Å². The molecule has 2 aromatic rings. The molecule has 0 heterocycles. The van der Waals surface area contributed by atoms with E-state index in [1.54, 1.807) is 0 Å². The van der Waals surface area contributed by atoms with Gasteiger partial charge in [-0.2, -0.15) is 0 Å². The summed E-state index contributed by atoms with van der Waals surface area (Å²) in [7, 11) is 0. The van der Waals surface area contributed by atoms with Gasteiger partial charge in [0, 0.05) is 0 Å². The summed E-state index contributed by atoms with van der Waals surface area (Å²) in [6.07, 6.45) is -5.03. The zero-order chi connectivity index (χ0) is 16.3. The number of ether oxygens (including phenoxy) is 1. The number of rotatable bonds is 3. The first kappa shape index (κ1) is 15.6. The maximum absolute atomic E-state index is 11.9. The first-order chi connectivity index (χ1) is 10.3. The minimum Gasteiger partial charge on any atom is -0.545 e. The summed E-state index contributed by atoms with van der Waals surface area (Å²) in [6.45, 7) is 0. The Morgan fingerprint density at radius 3 is 1.59 bits per heavy atom. The second-order valence-electron chi connectivity index (χ2n) is 4.28. The third-order valence-electron chi connectivity index (χ3n) is 2.78. The molecule has 0 N–H and O–H groups in total. The van der Waals surface area contributed by atoms with Gasteiger partial charge in [0.25, 0.3) is 0 Å². The highest BCUT2D eigenvalue weighted by atomic mass is 19.4. The van der Waals surface area contributed by atoms with Crippen LogP contribution in [0.4, 0.5) is 13.2 Å². The molecule has 0 unspecified atom stereocenters. The SMILES string of the molecule is O=C([O-])c1ccc(-c2ccc(C(=O)OC(F)(F)F)cc2)cc1. The largest absolute Gasteiger partial charge is 0.575 e. The third kappa shape index (κ3) is 3.85. The third-order valence-corrected chi connectivity index (χ3v) is 2.78. The summed E-state index contributed by atoms with van der Waals surface area (Å²) in [5.74, 6) is -2.80. The first-order valence-corrected chi connectivity index (χ1v) is 5.98. The Hall–Kier alpha value is -2.83. The Balaban J connectivity index is 2.18. The lowest BCUT2D eigenvalue weighted by molar-refractivity contribution is -0.291. The standard InChI is InChI=1S/C15H9F3O4/c16-15(17,18)22-14(21)12-7-3-10(4-8-12)9-1-5-11(6-2-9)13(19)20/h1-8H,(H,19,20)/p-1. The van der Waals surface area contributed by atoms with Gasteiger partial charge < -0.3 is 14.6 Å². The first-order valence-electron chi connectivity index (χ1n) is 5.98. The second-order valence-corrected chi connectivity index (χ2v) is 4.28. The Kier molecular flexibility index (Phi) is 4.16. The number of hydrogen-bond donors (Lipinski definition) is 0. The van der Waals surface area contributed by atoms with Crippen LogP contribution in [0, 0.1) is 0 Å². The van der Waals surface area contributed by atoms with E-state index >= 15 is 0 Å². The Morgan fingerprint density at radius 1 is 0.818 bits per heavy atom. The molecule has 0 aliphatic rings. The number of hydrogen-bond acceptors (Lipinski definition) is 4. The quantitative estimate of drug-likeness (QED) is 0.817. The van der Waals surface area contributed by atoms with E-state index in [1.807, 2.05) is 0 Å². The number of carbonyl (C=O) groups is 2. The average Bonchev–Trinajstić information content (AvgIpc) is 2.46. The van der Waals surface area contributed by atoms with Crippen molar-refractivity contribution in [2.45, 2.75) is 6.36 Å². The van der Waals surface area contributed by atoms with E-state index in [4.69, 9.17) is 0 Å². The van der Waals surface area contributed by atoms with Crippen LogP contribution in [0.3, 0.4) is 0 Å². The molecule has 0 saturated carbocycles. The van der Waals surface area contributed by atoms with Gasteiger partial charge in [0.2, 0.25) is 0 Å². The van der Waals surface area contributed by atoms with E-state index in [1.165, 1.54) is 48.5 Å². The van der Waals surface area contributed by atoms with Gasteiger partial charge in [-0.15, -0.1) is 13.2 Å². The van der Waals surface area contributed by atoms with Crippen LogP contribution in [0.2, 0.25) is 0 Å². The number of esters is 1. The molecule has 0 atom stereocenters. The molecule has 0 saturated heterocycles. The van der Waals surface area contributed by atoms with Crippen molar-refractivity contribution in [3.05, 3.63) is 59.7 Å². The molecule has 0 aliphatic heterocycles. The molecule has 0 bridgehead atoms. The minimum atomic E-state index is -5.03. The van der Waals surface area contributed by atoms with E-state index in [9.17, 15) is 27.9 Å². The summed E-state index contributed by atoms with van der Waals surface area (Å²) in [6, 6.07) is 11.0. The number of carbonyl (C=O) groups excluding carboxylic acids is 2. The zero-order valence-electron chi connectivity index (χ0n) is 10.9. The fourth-order valence-electron chi connectivity index (χ4n) is 1.76. The van der Waals surface area contributed by atoms with Gasteiger partial charge in [0.1, 0.15) is 0 Å². The predicted molar refractivity (Wildman–Crippen MR) is 67.7 cm³/mol. The molecular formula is C15H8F3O4-. The summed E-state index contributed by atoms with van der Waals surface area (Å²) in [4.78, 5) is 21.8. The molecule has 0 radical (unpaired) electrons. The Labute approximate surface area is 122 Å². The smallest absolute Gasteiger partial charge is 0.545 e. The monoisotopic (exact) mass is 309 g/mol. The summed E-state index contributed by atoms with van der Waals surface area (Å²) in [5, 5.41) is 10.6. The van der Waals surface area contributed by atoms with Crippen molar-refractivity contribution in [3.8, 4) is 11.1 Å². The van der Waals surface area contributed by atoms with Crippen LogP contribution < -0.4 is 5.11 Å². The van der Waals surface area contributed by atoms with E-state index in [2.05, 4.69) is 4.74 Å². The Bertz CT molecular complexity index is 688. The van der Waals surface area contributed by atoms with Crippen LogP contribution in [0.15, 0.2) is 48.5 Å². The van der Waals surface area contributed by atoms with Gasteiger partial charge >= 0.3 is 12.3 Å². The molecule has 0 amide bonds. The fourth-order valence-corrected chi connectivity index (χ4v) is 1.76. The van der Waals surface area contributed by atoms with E-state index in [0.717, 1.165) is 0 Å². The van der Waals surface area contributed by atoms with Crippen molar-refractivity contribution in [1.82, 2.24) is 0 Å². The number of aromatic carboxylic acids is 1. The van der Waals surface area contributed by atoms with Gasteiger partial charge in [0.05, 0.1) is 11.5 Å². The van der Waals surface area contributed by atoms with E-state index < -0.39 is 18.3 Å². The van der Waals surface area contributed by atoms with Crippen molar-refractivity contribution < 1.29 is 32.6 Å². The normalized spacial score (nSPS) is 11.0. The number of benzene rings is 2. The average molecular weight is 309 g/mol. The number of carboxylic acid groups (broad SMARTS) is 1. The van der Waals surface area contributed by atoms with Gasteiger partial charge in [0.15, 0.2) is 0 Å². The minimum absolute atomic E-state index is 0.00845. The van der Waals surface area contributed by atoms with Gasteiger partial charge in [-0.1, -0.05) is 36.4 Å². The molecule has 2 rings (SSSR count). The molecule has 0 aromatic heterocycles. The van der Waals surface area contributed by atoms with Gasteiger partial charge in [-0.3, -0.25) is 0 Å². The molecule has 0 fully saturated rings. The highest BCUT2D eigenvalue weighted by molar-refractivity contribution is 5.90. The molecule has 0 spiro atoms. The van der Waals surface area contributed by atoms with Crippen molar-refractivity contribution in [2.24, 2.45) is 0 Å². The van der Waals surface area contributed by atoms with E-state index in [0.29, 0.717) is 11.1 Å². The van der Waals surface area contributed by atoms with Crippen molar-refractivity contribution >= 4 is 11.9 Å². The molecule has 4 nitrogen and oxygen atoms in total. The lowest BCUT2D eigenvalue weighted by atomic mass is 10.0. The van der Waals surface area contributed by atoms with Crippen LogP contribution in [0.5, 0.6) is 0 Å². The lowest BCUT2D eigenvalue weighted by Crippen LogP contribution is -2.21. The van der Waals surface area contributed by atoms with Crippen molar-refractivity contribution in [3.63, 3.8) is 0 Å². The Morgan fingerprint density at radius 2 is 1.23 bits per heavy atom.